The molecule has 0 aromatic heterocycles. The third-order valence-electron chi connectivity index (χ3n) is 9.84. The molecule has 0 aliphatic heterocycles. The molecular formula is C25H35NO. The number of carbonyl (C=O) groups excluding carboxylic acids is 1. The van der Waals surface area contributed by atoms with Crippen LogP contribution in [0.4, 0.5) is 0 Å². The maximum atomic E-state index is 12.1. The number of hydrogen-bond acceptors (Lipinski definition) is 2. The lowest BCUT2D eigenvalue weighted by atomic mass is 9.47. The second-order valence-corrected chi connectivity index (χ2v) is 10.3. The van der Waals surface area contributed by atoms with Gasteiger partial charge in [-0.1, -0.05) is 26.3 Å². The van der Waals surface area contributed by atoms with E-state index < -0.39 is 0 Å². The van der Waals surface area contributed by atoms with E-state index in [-0.39, 0.29) is 0 Å². The largest absolute Gasteiger partial charge is 0.295 e. The first-order valence-corrected chi connectivity index (χ1v) is 11.8. The highest BCUT2D eigenvalue weighted by Gasteiger charge is 2.72. The Labute approximate surface area is 164 Å². The molecule has 1 spiro atoms. The third kappa shape index (κ3) is 2.21. The van der Waals surface area contributed by atoms with Gasteiger partial charge in [0.2, 0.25) is 0 Å². The van der Waals surface area contributed by atoms with Gasteiger partial charge in [-0.15, -0.1) is 0 Å². The SMILES string of the molecule is CC.CCC12CCC3C4CCC(=O)C=C4C4(CC4)CC3C1C1CC1C2C#N. The summed E-state index contributed by atoms with van der Waals surface area (Å²) in [6.45, 7) is 6.36. The van der Waals surface area contributed by atoms with Crippen molar-refractivity contribution in [1.29, 1.82) is 5.26 Å². The van der Waals surface area contributed by atoms with E-state index in [1.165, 1.54) is 44.9 Å². The van der Waals surface area contributed by atoms with E-state index in [4.69, 9.17) is 0 Å². The summed E-state index contributed by atoms with van der Waals surface area (Å²) in [6, 6.07) is 2.78. The predicted molar refractivity (Wildman–Crippen MR) is 107 cm³/mol. The molecule has 8 atom stereocenters. The average Bonchev–Trinajstić information content (AvgIpc) is 3.62. The Balaban J connectivity index is 0.000000777. The predicted octanol–water partition coefficient (Wildman–Crippen LogP) is 5.93. The summed E-state index contributed by atoms with van der Waals surface area (Å²) in [4.78, 5) is 12.1. The average molecular weight is 366 g/mol. The first-order chi connectivity index (χ1) is 13.1. The lowest BCUT2D eigenvalue weighted by molar-refractivity contribution is -0.116. The molecule has 0 saturated heterocycles. The van der Waals surface area contributed by atoms with Crippen LogP contribution >= 0.6 is 0 Å². The number of ketones is 1. The molecule has 0 radical (unpaired) electrons. The number of carbonyl (C=O) groups is 1. The van der Waals surface area contributed by atoms with Crippen LogP contribution in [-0.4, -0.2) is 5.78 Å². The minimum absolute atomic E-state index is 0.339. The number of nitrogens with zero attached hydrogens (tertiary/aromatic N) is 1. The van der Waals surface area contributed by atoms with Gasteiger partial charge >= 0.3 is 0 Å². The zero-order valence-electron chi connectivity index (χ0n) is 17.3. The van der Waals surface area contributed by atoms with Gasteiger partial charge in [-0.25, -0.2) is 0 Å². The van der Waals surface area contributed by atoms with Crippen molar-refractivity contribution in [3.8, 4) is 6.07 Å². The van der Waals surface area contributed by atoms with Gasteiger partial charge in [0.25, 0.3) is 0 Å². The fourth-order valence-electron chi connectivity index (χ4n) is 8.72. The van der Waals surface area contributed by atoms with Crippen LogP contribution < -0.4 is 0 Å². The number of hydrogen-bond donors (Lipinski definition) is 0. The number of fused-ring (bicyclic) bond motifs is 8. The van der Waals surface area contributed by atoms with E-state index in [1.54, 1.807) is 5.57 Å². The van der Waals surface area contributed by atoms with Crippen LogP contribution in [0, 0.1) is 63.6 Å². The summed E-state index contributed by atoms with van der Waals surface area (Å²) in [7, 11) is 0. The summed E-state index contributed by atoms with van der Waals surface area (Å²) in [5.74, 6) is 5.51. The fraction of sp³-hybridized carbons (Fsp3) is 0.840. The van der Waals surface area contributed by atoms with E-state index >= 15 is 0 Å². The Morgan fingerprint density at radius 3 is 2.56 bits per heavy atom. The topological polar surface area (TPSA) is 40.9 Å². The molecule has 5 saturated carbocycles. The van der Waals surface area contributed by atoms with Crippen molar-refractivity contribution >= 4 is 5.78 Å². The van der Waals surface area contributed by atoms with E-state index in [0.29, 0.717) is 28.4 Å². The van der Waals surface area contributed by atoms with Gasteiger partial charge in [-0.3, -0.25) is 4.79 Å². The summed E-state index contributed by atoms with van der Waals surface area (Å²) in [5, 5.41) is 9.93. The van der Waals surface area contributed by atoms with Crippen LogP contribution in [0.5, 0.6) is 0 Å². The van der Waals surface area contributed by atoms with Crippen molar-refractivity contribution in [2.75, 3.05) is 0 Å². The van der Waals surface area contributed by atoms with Crippen LogP contribution in [0.2, 0.25) is 0 Å². The molecular weight excluding hydrogens is 330 g/mol. The normalized spacial score (nSPS) is 50.1. The lowest BCUT2D eigenvalue weighted by Crippen LogP contribution is -2.51. The van der Waals surface area contributed by atoms with Crippen LogP contribution in [0.1, 0.15) is 78.6 Å². The van der Waals surface area contributed by atoms with E-state index in [9.17, 15) is 10.1 Å². The summed E-state index contributed by atoms with van der Waals surface area (Å²) in [6.07, 6.45) is 13.1. The van der Waals surface area contributed by atoms with Gasteiger partial charge in [-0.05, 0) is 104 Å². The molecule has 27 heavy (non-hydrogen) atoms. The first-order valence-electron chi connectivity index (χ1n) is 11.8. The fourth-order valence-corrected chi connectivity index (χ4v) is 8.72. The van der Waals surface area contributed by atoms with E-state index in [2.05, 4.69) is 19.1 Å². The smallest absolute Gasteiger partial charge is 0.155 e. The molecule has 6 rings (SSSR count). The maximum absolute atomic E-state index is 12.1. The molecule has 0 aromatic carbocycles. The molecule has 6 aliphatic rings. The lowest BCUT2D eigenvalue weighted by Gasteiger charge is -2.57. The molecule has 0 heterocycles. The van der Waals surface area contributed by atoms with Crippen LogP contribution in [0.25, 0.3) is 0 Å². The molecule has 0 aromatic rings. The van der Waals surface area contributed by atoms with Crippen molar-refractivity contribution in [3.63, 3.8) is 0 Å². The maximum Gasteiger partial charge on any atom is 0.155 e. The monoisotopic (exact) mass is 365 g/mol. The zero-order chi connectivity index (χ0) is 19.0. The molecule has 146 valence electrons. The van der Waals surface area contributed by atoms with Crippen molar-refractivity contribution in [2.45, 2.75) is 78.6 Å². The Kier molecular flexibility index (Phi) is 3.96. The molecule has 2 nitrogen and oxygen atoms in total. The second-order valence-electron chi connectivity index (χ2n) is 10.3. The van der Waals surface area contributed by atoms with Gasteiger partial charge in [0.1, 0.15) is 0 Å². The van der Waals surface area contributed by atoms with Crippen molar-refractivity contribution in [1.82, 2.24) is 0 Å². The van der Waals surface area contributed by atoms with Crippen molar-refractivity contribution < 1.29 is 4.79 Å². The van der Waals surface area contributed by atoms with Gasteiger partial charge in [0.05, 0.1) is 12.0 Å². The van der Waals surface area contributed by atoms with E-state index in [0.717, 1.165) is 42.4 Å². The van der Waals surface area contributed by atoms with Crippen LogP contribution in [-0.2, 0) is 4.79 Å². The Morgan fingerprint density at radius 1 is 1.11 bits per heavy atom. The number of allylic oxidation sites excluding steroid dienone is 1. The van der Waals surface area contributed by atoms with Gasteiger partial charge in [0, 0.05) is 6.42 Å². The van der Waals surface area contributed by atoms with Crippen LogP contribution in [0.3, 0.4) is 0 Å². The highest BCUT2D eigenvalue weighted by atomic mass is 16.1. The second kappa shape index (κ2) is 5.95. The van der Waals surface area contributed by atoms with E-state index in [1.807, 2.05) is 13.8 Å². The quantitative estimate of drug-likeness (QED) is 0.578. The number of nitriles is 1. The molecule has 0 N–H and O–H groups in total. The Morgan fingerprint density at radius 2 is 1.89 bits per heavy atom. The summed E-state index contributed by atoms with van der Waals surface area (Å²) >= 11 is 0. The molecule has 6 aliphatic carbocycles. The molecule has 5 fully saturated rings. The minimum Gasteiger partial charge on any atom is -0.295 e. The molecule has 0 amide bonds. The minimum atomic E-state index is 0.339. The van der Waals surface area contributed by atoms with Crippen LogP contribution in [0.15, 0.2) is 11.6 Å². The van der Waals surface area contributed by atoms with Gasteiger partial charge in [-0.2, -0.15) is 5.26 Å². The highest BCUT2D eigenvalue weighted by molar-refractivity contribution is 5.91. The zero-order valence-corrected chi connectivity index (χ0v) is 17.3. The highest BCUT2D eigenvalue weighted by Crippen LogP contribution is 2.78. The van der Waals surface area contributed by atoms with Gasteiger partial charge in [0.15, 0.2) is 5.78 Å². The molecule has 2 heteroatoms. The van der Waals surface area contributed by atoms with Crippen molar-refractivity contribution in [3.05, 3.63) is 11.6 Å². The first kappa shape index (κ1) is 18.0. The standard InChI is InChI=1S/C23H29NO.C2H6/c1-2-23-6-5-14-15-4-3-13(25)9-19(15)22(7-8-22)11-18(14)21(23)17-10-16(17)20(23)12-24;1-2/h9,14-18,20-21H,2-8,10-11H2,1H3;1-2H3. The molecule has 0 bridgehead atoms. The summed E-state index contributed by atoms with van der Waals surface area (Å²) < 4.78 is 0. The third-order valence-corrected chi connectivity index (χ3v) is 9.84. The molecule has 8 unspecified atom stereocenters. The Bertz CT molecular complexity index is 725. The Hall–Kier alpha value is -1.10. The summed E-state index contributed by atoms with van der Waals surface area (Å²) in [5.41, 5.74) is 2.33. The van der Waals surface area contributed by atoms with Gasteiger partial charge < -0.3 is 0 Å². The van der Waals surface area contributed by atoms with Crippen molar-refractivity contribution in [2.24, 2.45) is 52.3 Å². The number of rotatable bonds is 1.